The van der Waals surface area contributed by atoms with Gasteiger partial charge < -0.3 is 15.4 Å². The molecule has 3 N–H and O–H groups in total. The Hall–Kier alpha value is -4.00. The number of ether oxygens (including phenoxy) is 1. The second-order valence-electron chi connectivity index (χ2n) is 10.4. The number of aromatic nitrogens is 2. The summed E-state index contributed by atoms with van der Waals surface area (Å²) in [7, 11) is 0. The Balaban J connectivity index is 1.11. The molecule has 2 fully saturated rings. The fourth-order valence-corrected chi connectivity index (χ4v) is 5.46. The van der Waals surface area contributed by atoms with Crippen molar-refractivity contribution >= 4 is 35.0 Å². The second kappa shape index (κ2) is 11.8. The van der Waals surface area contributed by atoms with Crippen LogP contribution in [0.3, 0.4) is 0 Å². The number of fused-ring (bicyclic) bond motifs is 1. The number of aromatic amines is 1. The molecular weight excluding hydrogens is 484 g/mol. The van der Waals surface area contributed by atoms with Gasteiger partial charge in [-0.3, -0.25) is 9.89 Å². The molecule has 0 radical (unpaired) electrons. The highest BCUT2D eigenvalue weighted by molar-refractivity contribution is 6.02. The van der Waals surface area contributed by atoms with Crippen LogP contribution < -0.4 is 10.6 Å². The topological polar surface area (TPSA) is 79.0 Å². The van der Waals surface area contributed by atoms with E-state index in [4.69, 9.17) is 4.74 Å². The Bertz CT molecular complexity index is 1480. The van der Waals surface area contributed by atoms with Crippen LogP contribution in [0, 0.1) is 5.92 Å². The third-order valence-electron chi connectivity index (χ3n) is 7.76. The summed E-state index contributed by atoms with van der Waals surface area (Å²) in [6, 6.07) is 25.0. The van der Waals surface area contributed by atoms with Crippen molar-refractivity contribution < 1.29 is 9.53 Å². The van der Waals surface area contributed by atoms with Crippen LogP contribution in [-0.2, 0) is 16.1 Å². The molecule has 6 rings (SSSR count). The van der Waals surface area contributed by atoms with Crippen LogP contribution in [0.1, 0.15) is 46.7 Å². The summed E-state index contributed by atoms with van der Waals surface area (Å²) in [6.07, 6.45) is 8.45. The summed E-state index contributed by atoms with van der Waals surface area (Å²) in [6.45, 7) is 4.36. The molecule has 1 atom stereocenters. The van der Waals surface area contributed by atoms with Crippen LogP contribution >= 0.6 is 0 Å². The van der Waals surface area contributed by atoms with Gasteiger partial charge in [-0.15, -0.1) is 0 Å². The lowest BCUT2D eigenvalue weighted by Gasteiger charge is -2.22. The van der Waals surface area contributed by atoms with E-state index in [2.05, 4.69) is 81.5 Å². The number of carbonyl (C=O) groups excluding carboxylic acids is 1. The van der Waals surface area contributed by atoms with Crippen molar-refractivity contribution in [3.8, 4) is 0 Å². The molecule has 3 aromatic carbocycles. The van der Waals surface area contributed by atoms with Crippen molar-refractivity contribution in [2.75, 3.05) is 26.3 Å². The van der Waals surface area contributed by atoms with E-state index < -0.39 is 0 Å². The Morgan fingerprint density at radius 2 is 1.74 bits per heavy atom. The van der Waals surface area contributed by atoms with Gasteiger partial charge in [-0.2, -0.15) is 5.10 Å². The minimum atomic E-state index is -0.00157. The largest absolute Gasteiger partial charge is 0.381 e. The van der Waals surface area contributed by atoms with Gasteiger partial charge in [-0.1, -0.05) is 66.7 Å². The zero-order chi connectivity index (χ0) is 26.4. The number of H-pyrrole nitrogens is 1. The number of nitrogens with zero attached hydrogens (tertiary/aromatic N) is 1. The molecule has 2 saturated heterocycles. The van der Waals surface area contributed by atoms with Gasteiger partial charge in [0.2, 0.25) is 5.91 Å². The van der Waals surface area contributed by atoms with Crippen LogP contribution in [0.4, 0.5) is 0 Å². The fourth-order valence-electron chi connectivity index (χ4n) is 5.46. The zero-order valence-electron chi connectivity index (χ0n) is 22.0. The summed E-state index contributed by atoms with van der Waals surface area (Å²) in [5.74, 6) is 0.785. The molecule has 0 bridgehead atoms. The molecule has 0 aliphatic carbocycles. The van der Waals surface area contributed by atoms with Gasteiger partial charge in [-0.05, 0) is 71.8 Å². The SMILES string of the molecule is O=C1NCC(c2ccccc2)/C1=C\c1ccc2c(/C=C/c3ccc(CNCC4CCOCC4)cc3)n[nH]c2c1. The second-order valence-corrected chi connectivity index (χ2v) is 10.4. The first kappa shape index (κ1) is 25.3. The monoisotopic (exact) mass is 518 g/mol. The number of nitrogens with one attached hydrogen (secondary N) is 3. The zero-order valence-corrected chi connectivity index (χ0v) is 22.0. The van der Waals surface area contributed by atoms with Crippen LogP contribution in [0.15, 0.2) is 78.4 Å². The number of hydrogen-bond donors (Lipinski definition) is 3. The van der Waals surface area contributed by atoms with Gasteiger partial charge in [-0.25, -0.2) is 0 Å². The molecule has 0 saturated carbocycles. The number of hydrogen-bond acceptors (Lipinski definition) is 4. The van der Waals surface area contributed by atoms with E-state index in [1.54, 1.807) is 0 Å². The van der Waals surface area contributed by atoms with Crippen molar-refractivity contribution in [2.24, 2.45) is 5.92 Å². The van der Waals surface area contributed by atoms with Crippen molar-refractivity contribution in [2.45, 2.75) is 25.3 Å². The van der Waals surface area contributed by atoms with Crippen molar-refractivity contribution in [3.05, 3.63) is 106 Å². The molecule has 6 heteroatoms. The van der Waals surface area contributed by atoms with Crippen LogP contribution in [0.2, 0.25) is 0 Å². The van der Waals surface area contributed by atoms with E-state index >= 15 is 0 Å². The molecule has 6 nitrogen and oxygen atoms in total. The first-order valence-corrected chi connectivity index (χ1v) is 13.8. The van der Waals surface area contributed by atoms with Gasteiger partial charge in [0.15, 0.2) is 0 Å². The number of carbonyl (C=O) groups is 1. The predicted molar refractivity (Wildman–Crippen MR) is 157 cm³/mol. The van der Waals surface area contributed by atoms with Crippen LogP contribution in [-0.4, -0.2) is 42.4 Å². The summed E-state index contributed by atoms with van der Waals surface area (Å²) >= 11 is 0. The Morgan fingerprint density at radius 3 is 2.56 bits per heavy atom. The number of rotatable bonds is 8. The predicted octanol–water partition coefficient (Wildman–Crippen LogP) is 5.55. The summed E-state index contributed by atoms with van der Waals surface area (Å²) in [5, 5.41) is 15.3. The van der Waals surface area contributed by atoms with Crippen LogP contribution in [0.5, 0.6) is 0 Å². The maximum Gasteiger partial charge on any atom is 0.247 e. The van der Waals surface area contributed by atoms with Crippen molar-refractivity contribution in [1.82, 2.24) is 20.8 Å². The molecule has 39 heavy (non-hydrogen) atoms. The van der Waals surface area contributed by atoms with Crippen molar-refractivity contribution in [3.63, 3.8) is 0 Å². The molecule has 1 amide bonds. The van der Waals surface area contributed by atoms with Gasteiger partial charge in [0.1, 0.15) is 0 Å². The van der Waals surface area contributed by atoms with Gasteiger partial charge in [0.25, 0.3) is 0 Å². The lowest BCUT2D eigenvalue weighted by molar-refractivity contribution is -0.116. The third kappa shape index (κ3) is 6.03. The van der Waals surface area contributed by atoms with Gasteiger partial charge >= 0.3 is 0 Å². The standard InChI is InChI=1S/C33H34N4O2/c38-33-29(30(22-35-33)27-4-2-1-3-5-27)18-26-10-12-28-31(36-37-32(28)19-26)13-11-23-6-8-24(9-7-23)20-34-21-25-14-16-39-17-15-25/h1-13,18-19,25,30,34H,14-17,20-22H2,(H,35,38)(H,36,37)/b13-11+,29-18+. The quantitative estimate of drug-likeness (QED) is 0.267. The first-order valence-electron chi connectivity index (χ1n) is 13.8. The average molecular weight is 519 g/mol. The molecular formula is C33H34N4O2. The Kier molecular flexibility index (Phi) is 7.66. The minimum Gasteiger partial charge on any atom is -0.381 e. The smallest absolute Gasteiger partial charge is 0.247 e. The molecule has 1 unspecified atom stereocenters. The number of benzene rings is 3. The van der Waals surface area contributed by atoms with Gasteiger partial charge in [0.05, 0.1) is 11.2 Å². The Morgan fingerprint density at radius 1 is 0.949 bits per heavy atom. The van der Waals surface area contributed by atoms with E-state index in [1.807, 2.05) is 30.4 Å². The van der Waals surface area contributed by atoms with E-state index in [0.717, 1.165) is 83.9 Å². The maximum absolute atomic E-state index is 12.6. The van der Waals surface area contributed by atoms with E-state index in [-0.39, 0.29) is 11.8 Å². The lowest BCUT2D eigenvalue weighted by atomic mass is 9.92. The average Bonchev–Trinajstić information content (AvgIpc) is 3.56. The van der Waals surface area contributed by atoms with E-state index in [0.29, 0.717) is 6.54 Å². The first-order chi connectivity index (χ1) is 19.2. The highest BCUT2D eigenvalue weighted by Crippen LogP contribution is 2.30. The van der Waals surface area contributed by atoms with Crippen LogP contribution in [0.25, 0.3) is 29.1 Å². The summed E-state index contributed by atoms with van der Waals surface area (Å²) in [4.78, 5) is 12.6. The minimum absolute atomic E-state index is 0.00157. The normalized spacial score (nSPS) is 19.3. The summed E-state index contributed by atoms with van der Waals surface area (Å²) in [5.41, 5.74) is 7.20. The molecule has 4 aromatic rings. The molecule has 3 heterocycles. The highest BCUT2D eigenvalue weighted by Gasteiger charge is 2.29. The molecule has 1 aromatic heterocycles. The van der Waals surface area contributed by atoms with E-state index in [9.17, 15) is 4.79 Å². The van der Waals surface area contributed by atoms with Gasteiger partial charge in [0, 0.05) is 43.2 Å². The maximum atomic E-state index is 12.6. The molecule has 0 spiro atoms. The van der Waals surface area contributed by atoms with E-state index in [1.165, 1.54) is 5.56 Å². The molecule has 198 valence electrons. The fraction of sp³-hybridized carbons (Fsp3) is 0.273. The number of amides is 1. The Labute approximate surface area is 229 Å². The van der Waals surface area contributed by atoms with Crippen molar-refractivity contribution in [1.29, 1.82) is 0 Å². The third-order valence-corrected chi connectivity index (χ3v) is 7.76. The summed E-state index contributed by atoms with van der Waals surface area (Å²) < 4.78 is 5.45. The molecule has 2 aliphatic heterocycles. The lowest BCUT2D eigenvalue weighted by Crippen LogP contribution is -2.27. The molecule has 2 aliphatic rings. The highest BCUT2D eigenvalue weighted by atomic mass is 16.5.